The highest BCUT2D eigenvalue weighted by molar-refractivity contribution is 7.22. The molecule has 4 aromatic rings. The van der Waals surface area contributed by atoms with Gasteiger partial charge in [-0.05, 0) is 80.5 Å². The second-order valence-corrected chi connectivity index (χ2v) is 14.2. The Balaban J connectivity index is 1.46. The number of Topliss-reactive ketones (excluding diaryl/α,β-unsaturated/α-hetero) is 1. The summed E-state index contributed by atoms with van der Waals surface area (Å²) < 4.78 is 6.78. The lowest BCUT2D eigenvalue weighted by Gasteiger charge is -2.30. The fourth-order valence-electron chi connectivity index (χ4n) is 5.19. The Morgan fingerprint density at radius 1 is 1.10 bits per heavy atom. The van der Waals surface area contributed by atoms with Crippen LogP contribution in [-0.2, 0) is 28.9 Å². The lowest BCUT2D eigenvalue weighted by atomic mass is 9.98. The van der Waals surface area contributed by atoms with E-state index in [4.69, 9.17) is 9.72 Å². The molecule has 1 atom stereocenters. The van der Waals surface area contributed by atoms with Crippen molar-refractivity contribution < 1.29 is 14.3 Å². The number of rotatable bonds is 9. The number of fused-ring (bicyclic) bond motifs is 2. The number of ketones is 1. The number of nitrogens with zero attached hydrogens (tertiary/aromatic N) is 3. The number of ether oxygens (including phenoxy) is 1. The number of carbonyl (C=O) groups is 2. The molecule has 0 aliphatic carbocycles. The molecule has 0 radical (unpaired) electrons. The molecule has 1 aliphatic heterocycles. The average molecular weight is 590 g/mol. The van der Waals surface area contributed by atoms with Gasteiger partial charge < -0.3 is 9.64 Å². The van der Waals surface area contributed by atoms with E-state index in [1.54, 1.807) is 40.0 Å². The summed E-state index contributed by atoms with van der Waals surface area (Å²) in [5, 5.41) is 0.956. The number of hydrogen-bond acceptors (Lipinski definition) is 7. The molecule has 216 valence electrons. The van der Waals surface area contributed by atoms with Crippen LogP contribution in [0.15, 0.2) is 42.7 Å². The predicted molar refractivity (Wildman–Crippen MR) is 169 cm³/mol. The van der Waals surface area contributed by atoms with Gasteiger partial charge in [-0.3, -0.25) is 9.78 Å². The normalized spacial score (nSPS) is 14.2. The zero-order valence-corrected chi connectivity index (χ0v) is 26.3. The van der Waals surface area contributed by atoms with E-state index in [2.05, 4.69) is 37.0 Å². The van der Waals surface area contributed by atoms with Crippen molar-refractivity contribution in [2.45, 2.75) is 85.3 Å². The number of carbonyl (C=O) groups excluding carboxylic acids is 2. The van der Waals surface area contributed by atoms with Crippen LogP contribution in [0.1, 0.15) is 75.6 Å². The largest absolute Gasteiger partial charge is 0.444 e. The molecule has 0 unspecified atom stereocenters. The molecule has 1 aromatic carbocycles. The molecule has 0 saturated carbocycles. The summed E-state index contributed by atoms with van der Waals surface area (Å²) in [5.41, 5.74) is 4.96. The first kappa shape index (κ1) is 29.4. The molecule has 0 bridgehead atoms. The standard InChI is InChI=1S/C33H39N3O3S2/c1-6-21(2)8-7-9-24(37)19-28-30(25-14-17-36(20-29(25)40-28)32(38)39-33(3,4)5)31-35-26-18-23(10-11-27(26)41-31)22-12-15-34-16-13-22/h10-13,15-16,18,21H,6-9,14,17,19-20H2,1-5H3/t21-/m0/s1. The maximum Gasteiger partial charge on any atom is 0.410 e. The van der Waals surface area contributed by atoms with Crippen LogP contribution in [0.2, 0.25) is 0 Å². The summed E-state index contributed by atoms with van der Waals surface area (Å²) in [6.07, 6.45) is 8.21. The molecule has 1 aliphatic rings. The van der Waals surface area contributed by atoms with Crippen molar-refractivity contribution in [3.8, 4) is 21.7 Å². The van der Waals surface area contributed by atoms with Gasteiger partial charge in [0.1, 0.15) is 16.4 Å². The predicted octanol–water partition coefficient (Wildman–Crippen LogP) is 8.71. The molecular weight excluding hydrogens is 551 g/mol. The maximum atomic E-state index is 13.2. The molecule has 1 amide bonds. The SMILES string of the molecule is CC[C@H](C)CCCC(=O)Cc1sc2c(c1-c1nc3cc(-c4ccncc4)ccc3s1)CCN(C(=O)OC(C)(C)C)C2. The number of aromatic nitrogens is 2. The van der Waals surface area contributed by atoms with Crippen molar-refractivity contribution in [2.24, 2.45) is 5.92 Å². The quantitative estimate of drug-likeness (QED) is 0.195. The fraction of sp³-hybridized carbons (Fsp3) is 0.455. The minimum Gasteiger partial charge on any atom is -0.444 e. The Kier molecular flexibility index (Phi) is 8.90. The summed E-state index contributed by atoms with van der Waals surface area (Å²) in [6.45, 7) is 11.2. The van der Waals surface area contributed by atoms with Crippen LogP contribution < -0.4 is 0 Å². The summed E-state index contributed by atoms with van der Waals surface area (Å²) in [5.74, 6) is 0.921. The van der Waals surface area contributed by atoms with E-state index in [0.29, 0.717) is 31.8 Å². The highest BCUT2D eigenvalue weighted by atomic mass is 32.1. The van der Waals surface area contributed by atoms with E-state index in [9.17, 15) is 9.59 Å². The molecule has 5 rings (SSSR count). The van der Waals surface area contributed by atoms with Crippen LogP contribution in [-0.4, -0.2) is 38.9 Å². The Labute approximate surface area is 250 Å². The molecule has 3 aromatic heterocycles. The first-order valence-electron chi connectivity index (χ1n) is 14.6. The third kappa shape index (κ3) is 7.04. The highest BCUT2D eigenvalue weighted by Gasteiger charge is 2.31. The van der Waals surface area contributed by atoms with Crippen molar-refractivity contribution in [1.82, 2.24) is 14.9 Å². The van der Waals surface area contributed by atoms with E-state index < -0.39 is 5.60 Å². The zero-order chi connectivity index (χ0) is 29.1. The minimum atomic E-state index is -0.541. The van der Waals surface area contributed by atoms with Crippen LogP contribution in [0, 0.1) is 5.92 Å². The van der Waals surface area contributed by atoms with Gasteiger partial charge in [0.05, 0.1) is 16.8 Å². The molecular formula is C33H39N3O3S2. The van der Waals surface area contributed by atoms with Gasteiger partial charge in [-0.1, -0.05) is 32.8 Å². The van der Waals surface area contributed by atoms with E-state index in [1.165, 1.54) is 5.56 Å². The van der Waals surface area contributed by atoms with Gasteiger partial charge in [0.15, 0.2) is 0 Å². The van der Waals surface area contributed by atoms with Crippen LogP contribution >= 0.6 is 22.7 Å². The minimum absolute atomic E-state index is 0.276. The number of pyridine rings is 1. The first-order valence-corrected chi connectivity index (χ1v) is 16.2. The smallest absolute Gasteiger partial charge is 0.410 e. The molecule has 6 nitrogen and oxygen atoms in total. The van der Waals surface area contributed by atoms with Gasteiger partial charge in [-0.15, -0.1) is 22.7 Å². The Morgan fingerprint density at radius 3 is 2.61 bits per heavy atom. The monoisotopic (exact) mass is 589 g/mol. The van der Waals surface area contributed by atoms with Crippen molar-refractivity contribution in [2.75, 3.05) is 6.54 Å². The molecule has 41 heavy (non-hydrogen) atoms. The molecule has 0 N–H and O–H groups in total. The molecule has 8 heteroatoms. The van der Waals surface area contributed by atoms with E-state index in [-0.39, 0.29) is 11.9 Å². The van der Waals surface area contributed by atoms with Gasteiger partial charge >= 0.3 is 6.09 Å². The maximum absolute atomic E-state index is 13.2. The lowest BCUT2D eigenvalue weighted by molar-refractivity contribution is -0.118. The molecule has 0 spiro atoms. The van der Waals surface area contributed by atoms with Crippen molar-refractivity contribution in [3.05, 3.63) is 58.0 Å². The van der Waals surface area contributed by atoms with Crippen molar-refractivity contribution in [1.29, 1.82) is 0 Å². The van der Waals surface area contributed by atoms with Gasteiger partial charge in [0, 0.05) is 47.1 Å². The molecule has 4 heterocycles. The lowest BCUT2D eigenvalue weighted by Crippen LogP contribution is -2.39. The van der Waals surface area contributed by atoms with Crippen molar-refractivity contribution >= 4 is 44.8 Å². The van der Waals surface area contributed by atoms with Gasteiger partial charge in [0.2, 0.25) is 0 Å². The van der Waals surface area contributed by atoms with Crippen molar-refractivity contribution in [3.63, 3.8) is 0 Å². The third-order valence-corrected chi connectivity index (χ3v) is 9.87. The second-order valence-electron chi connectivity index (χ2n) is 12.0. The second kappa shape index (κ2) is 12.4. The number of thiophene rings is 1. The van der Waals surface area contributed by atoms with Crippen LogP contribution in [0.25, 0.3) is 31.9 Å². The molecule has 0 fully saturated rings. The Morgan fingerprint density at radius 2 is 1.88 bits per heavy atom. The van der Waals surface area contributed by atoms with Crippen LogP contribution in [0.3, 0.4) is 0 Å². The topological polar surface area (TPSA) is 72.4 Å². The van der Waals surface area contributed by atoms with Gasteiger partial charge in [-0.25, -0.2) is 9.78 Å². The van der Waals surface area contributed by atoms with E-state index in [0.717, 1.165) is 67.4 Å². The average Bonchev–Trinajstić information content (AvgIpc) is 3.51. The third-order valence-electron chi connectivity index (χ3n) is 7.60. The summed E-state index contributed by atoms with van der Waals surface area (Å²) >= 11 is 3.35. The molecule has 0 saturated heterocycles. The summed E-state index contributed by atoms with van der Waals surface area (Å²) in [7, 11) is 0. The summed E-state index contributed by atoms with van der Waals surface area (Å²) in [6, 6.07) is 10.4. The summed E-state index contributed by atoms with van der Waals surface area (Å²) in [4.78, 5) is 39.3. The van der Waals surface area contributed by atoms with Gasteiger partial charge in [-0.2, -0.15) is 0 Å². The number of amides is 1. The van der Waals surface area contributed by atoms with Gasteiger partial charge in [0.25, 0.3) is 0 Å². The number of benzene rings is 1. The zero-order valence-electron chi connectivity index (χ0n) is 24.7. The van der Waals surface area contributed by atoms with Crippen LogP contribution in [0.5, 0.6) is 0 Å². The Hall–Kier alpha value is -3.10. The number of hydrogen-bond donors (Lipinski definition) is 0. The highest BCUT2D eigenvalue weighted by Crippen LogP contribution is 2.43. The Bertz CT molecular complexity index is 1530. The van der Waals surface area contributed by atoms with E-state index in [1.807, 2.05) is 32.9 Å². The van der Waals surface area contributed by atoms with E-state index >= 15 is 0 Å². The number of thiazole rings is 1. The first-order chi connectivity index (χ1) is 19.6. The fourth-order valence-corrected chi connectivity index (χ4v) is 7.70. The van der Waals surface area contributed by atoms with Crippen LogP contribution in [0.4, 0.5) is 4.79 Å².